The molecule has 0 radical (unpaired) electrons. The second kappa shape index (κ2) is 21.0. The van der Waals surface area contributed by atoms with E-state index in [1.807, 2.05) is 24.5 Å². The Balaban J connectivity index is 1.15. The first-order valence-corrected chi connectivity index (χ1v) is 26.2. The average molecular weight is 869 g/mol. The van der Waals surface area contributed by atoms with Crippen molar-refractivity contribution in [3.63, 3.8) is 0 Å². The van der Waals surface area contributed by atoms with Gasteiger partial charge in [0.15, 0.2) is 0 Å². The monoisotopic (exact) mass is 869 g/mol. The van der Waals surface area contributed by atoms with Gasteiger partial charge in [-0.15, -0.1) is 0 Å². The Hall–Kier alpha value is -5.52. The normalized spacial score (nSPS) is 13.9. The minimum absolute atomic E-state index is 0.0552. The second-order valence-corrected chi connectivity index (χ2v) is 19.9. The zero-order valence-electron chi connectivity index (χ0n) is 40.6. The fourth-order valence-corrected chi connectivity index (χ4v) is 12.1. The van der Waals surface area contributed by atoms with Gasteiger partial charge < -0.3 is 0 Å². The van der Waals surface area contributed by atoms with Gasteiger partial charge in [0, 0.05) is 45.1 Å². The smallest absolute Gasteiger partial charge is 0.0977 e. The zero-order valence-corrected chi connectivity index (χ0v) is 40.6. The molecule has 2 aromatic heterocycles. The van der Waals surface area contributed by atoms with E-state index in [9.17, 15) is 0 Å². The van der Waals surface area contributed by atoms with Gasteiger partial charge in [-0.05, 0) is 130 Å². The quantitative estimate of drug-likeness (QED) is 0.0408. The third kappa shape index (κ3) is 8.88. The van der Waals surface area contributed by atoms with Crippen molar-refractivity contribution in [3.05, 3.63) is 155 Å². The molecular formula is C64H72N2. The Bertz CT molecular complexity index is 2830. The van der Waals surface area contributed by atoms with Gasteiger partial charge in [0.1, 0.15) is 0 Å². The van der Waals surface area contributed by atoms with Crippen LogP contribution in [0.4, 0.5) is 0 Å². The fourth-order valence-electron chi connectivity index (χ4n) is 12.1. The van der Waals surface area contributed by atoms with E-state index >= 15 is 0 Å². The molecule has 0 N–H and O–H groups in total. The summed E-state index contributed by atoms with van der Waals surface area (Å²) < 4.78 is 0. The molecule has 5 aromatic carbocycles. The summed E-state index contributed by atoms with van der Waals surface area (Å²) in [5.41, 5.74) is 18.6. The van der Waals surface area contributed by atoms with Crippen molar-refractivity contribution in [3.8, 4) is 45.2 Å². The first-order chi connectivity index (χ1) is 32.5. The first-order valence-electron chi connectivity index (χ1n) is 26.2. The van der Waals surface area contributed by atoms with E-state index in [0.717, 1.165) is 32.9 Å². The highest BCUT2D eigenvalue weighted by molar-refractivity contribution is 6.05. The summed E-state index contributed by atoms with van der Waals surface area (Å²) in [6.45, 7) is 9.35. The largest absolute Gasteiger partial charge is 0.254 e. The number of hydrogen-bond acceptors (Lipinski definition) is 2. The van der Waals surface area contributed by atoms with E-state index in [1.54, 1.807) is 16.7 Å². The third-order valence-electron chi connectivity index (χ3n) is 15.6. The molecule has 0 spiro atoms. The maximum Gasteiger partial charge on any atom is 0.0977 e. The summed E-state index contributed by atoms with van der Waals surface area (Å²) in [5, 5.41) is 2.13. The van der Waals surface area contributed by atoms with Crippen LogP contribution in [0.3, 0.4) is 0 Å². The van der Waals surface area contributed by atoms with Crippen LogP contribution in [0.15, 0.2) is 122 Å². The van der Waals surface area contributed by atoms with Crippen LogP contribution in [0.5, 0.6) is 0 Å². The molecule has 2 heterocycles. The summed E-state index contributed by atoms with van der Waals surface area (Å²) in [6, 6.07) is 42.2. The molecule has 2 aliphatic rings. The van der Waals surface area contributed by atoms with Crippen LogP contribution in [0, 0.1) is 11.8 Å². The topological polar surface area (TPSA) is 25.8 Å². The van der Waals surface area contributed by atoms with Gasteiger partial charge in [-0.25, -0.2) is 0 Å². The van der Waals surface area contributed by atoms with Crippen LogP contribution in [-0.4, -0.2) is 9.97 Å². The molecule has 0 aliphatic heterocycles. The van der Waals surface area contributed by atoms with Gasteiger partial charge in [-0.1, -0.05) is 203 Å². The summed E-state index contributed by atoms with van der Waals surface area (Å²) in [6.07, 6.45) is 29.0. The van der Waals surface area contributed by atoms with Crippen LogP contribution in [-0.2, 0) is 10.8 Å². The maximum atomic E-state index is 4.77. The lowest BCUT2D eigenvalue weighted by Gasteiger charge is -2.34. The highest BCUT2D eigenvalue weighted by atomic mass is 14.7. The van der Waals surface area contributed by atoms with Gasteiger partial charge in [-0.3, -0.25) is 9.97 Å². The molecule has 2 nitrogen and oxygen atoms in total. The van der Waals surface area contributed by atoms with Crippen molar-refractivity contribution in [2.75, 3.05) is 0 Å². The number of pyridine rings is 2. The zero-order chi connectivity index (χ0) is 45.4. The van der Waals surface area contributed by atoms with E-state index in [4.69, 9.17) is 9.97 Å². The van der Waals surface area contributed by atoms with Crippen LogP contribution >= 0.6 is 0 Å². The van der Waals surface area contributed by atoms with Crippen LogP contribution < -0.4 is 0 Å². The summed E-state index contributed by atoms with van der Waals surface area (Å²) in [7, 11) is 0. The SMILES string of the molecule is CCCCCCC1(CCCCCC)c2ccccc2-c2ccc(-c3ccc4c(c3)C(CCCCCC)(CCCCCC)c3cc(C#Cc5cc6cccnc6c6ncccc56)ccc3-4)cc21. The van der Waals surface area contributed by atoms with Crippen molar-refractivity contribution in [2.45, 2.75) is 167 Å². The lowest BCUT2D eigenvalue weighted by molar-refractivity contribution is 0.400. The van der Waals surface area contributed by atoms with E-state index in [-0.39, 0.29) is 10.8 Å². The number of unbranched alkanes of at least 4 members (excludes halogenated alkanes) is 12. The highest BCUT2D eigenvalue weighted by Gasteiger charge is 2.44. The van der Waals surface area contributed by atoms with Gasteiger partial charge in [-0.2, -0.15) is 0 Å². The molecule has 9 rings (SSSR count). The first kappa shape index (κ1) is 45.6. The molecule has 0 unspecified atom stereocenters. The van der Waals surface area contributed by atoms with Gasteiger partial charge in [0.05, 0.1) is 11.0 Å². The molecule has 7 aromatic rings. The van der Waals surface area contributed by atoms with Crippen molar-refractivity contribution in [2.24, 2.45) is 0 Å². The predicted molar refractivity (Wildman–Crippen MR) is 282 cm³/mol. The Labute approximate surface area is 397 Å². The molecule has 0 atom stereocenters. The number of aromatic nitrogens is 2. The molecule has 0 fully saturated rings. The number of benzene rings is 5. The maximum absolute atomic E-state index is 4.77. The molecule has 2 heteroatoms. The van der Waals surface area contributed by atoms with E-state index in [2.05, 4.69) is 137 Å². The Morgan fingerprint density at radius 1 is 0.394 bits per heavy atom. The summed E-state index contributed by atoms with van der Waals surface area (Å²) >= 11 is 0. The summed E-state index contributed by atoms with van der Waals surface area (Å²) in [4.78, 5) is 9.46. The van der Waals surface area contributed by atoms with E-state index in [1.165, 1.54) is 167 Å². The molecular weight excluding hydrogens is 797 g/mol. The fraction of sp³-hybridized carbons (Fsp3) is 0.406. The van der Waals surface area contributed by atoms with Crippen molar-refractivity contribution in [1.82, 2.24) is 9.97 Å². The minimum atomic E-state index is -0.0552. The Morgan fingerprint density at radius 2 is 0.879 bits per heavy atom. The van der Waals surface area contributed by atoms with Gasteiger partial charge in [0.25, 0.3) is 0 Å². The van der Waals surface area contributed by atoms with Crippen molar-refractivity contribution < 1.29 is 0 Å². The molecule has 0 saturated carbocycles. The molecule has 2 aliphatic carbocycles. The van der Waals surface area contributed by atoms with Crippen LogP contribution in [0.25, 0.3) is 55.2 Å². The summed E-state index contributed by atoms with van der Waals surface area (Å²) in [5.74, 6) is 7.33. The molecule has 338 valence electrons. The molecule has 0 bridgehead atoms. The molecule has 0 saturated heterocycles. The molecule has 66 heavy (non-hydrogen) atoms. The Kier molecular flexibility index (Phi) is 14.5. The number of fused-ring (bicyclic) bond motifs is 9. The highest BCUT2D eigenvalue weighted by Crippen LogP contribution is 2.57. The van der Waals surface area contributed by atoms with Crippen LogP contribution in [0.1, 0.15) is 189 Å². The number of hydrogen-bond donors (Lipinski definition) is 0. The minimum Gasteiger partial charge on any atom is -0.254 e. The lowest BCUT2D eigenvalue weighted by Crippen LogP contribution is -2.26. The predicted octanol–water partition coefficient (Wildman–Crippen LogP) is 18.3. The van der Waals surface area contributed by atoms with Crippen molar-refractivity contribution in [1.29, 1.82) is 0 Å². The van der Waals surface area contributed by atoms with Crippen molar-refractivity contribution >= 4 is 21.8 Å². The molecule has 0 amide bonds. The standard InChI is InChI=1S/C64H72N2/c1-5-9-13-19-37-63(38-20-14-10-6-2)57-28-18-17-26-53(57)55-35-32-48(45-59(55)63)49-33-36-56-54-34-30-47(29-31-50-44-51-25-23-41-65-61(51)62-52(50)27-24-42-66-62)43-58(54)64(60(56)46-49,39-21-15-11-7-3)40-22-16-12-8-4/h17-18,23-28,30,32-36,41-46H,5-16,19-22,37-40H2,1-4H3. The number of rotatable bonds is 21. The number of nitrogens with zero attached hydrogens (tertiary/aromatic N) is 2. The van der Waals surface area contributed by atoms with Gasteiger partial charge in [0.2, 0.25) is 0 Å². The van der Waals surface area contributed by atoms with Gasteiger partial charge >= 0.3 is 0 Å². The van der Waals surface area contributed by atoms with E-state index < -0.39 is 0 Å². The van der Waals surface area contributed by atoms with E-state index in [0.29, 0.717) is 0 Å². The Morgan fingerprint density at radius 3 is 1.45 bits per heavy atom. The second-order valence-electron chi connectivity index (χ2n) is 19.9. The average Bonchev–Trinajstić information content (AvgIpc) is 3.79. The third-order valence-corrected chi connectivity index (χ3v) is 15.6. The lowest BCUT2D eigenvalue weighted by atomic mass is 9.69. The van der Waals surface area contributed by atoms with Crippen LogP contribution in [0.2, 0.25) is 0 Å².